The van der Waals surface area contributed by atoms with Crippen LogP contribution in [0.15, 0.2) is 24.1 Å². The minimum absolute atomic E-state index is 0.195. The van der Waals surface area contributed by atoms with Crippen molar-refractivity contribution in [3.8, 4) is 0 Å². The first-order valence-corrected chi connectivity index (χ1v) is 10.3. The average Bonchev–Trinajstić information content (AvgIpc) is 2.65. The largest absolute Gasteiger partial charge is 0.366 e. The third-order valence-corrected chi connectivity index (χ3v) is 5.52. The zero-order valence-electron chi connectivity index (χ0n) is 19.3. The molecule has 7 heteroatoms. The van der Waals surface area contributed by atoms with E-state index in [1.54, 1.807) is 13.1 Å². The van der Waals surface area contributed by atoms with Crippen molar-refractivity contribution in [2.24, 2.45) is 5.84 Å². The molecule has 2 unspecified atom stereocenters. The van der Waals surface area contributed by atoms with Crippen LogP contribution < -0.4 is 26.9 Å². The minimum atomic E-state index is -0.403. The lowest BCUT2D eigenvalue weighted by Gasteiger charge is -2.39. The van der Waals surface area contributed by atoms with E-state index in [0.29, 0.717) is 46.5 Å². The number of nitrogen functional groups attached to an aromatic ring is 1. The zero-order chi connectivity index (χ0) is 23.0. The molecule has 1 saturated heterocycles. The minimum Gasteiger partial charge on any atom is -0.366 e. The Balaban J connectivity index is 0.00000155. The van der Waals surface area contributed by atoms with Crippen LogP contribution in [0.1, 0.15) is 45.7 Å². The first-order chi connectivity index (χ1) is 14.0. The number of nitrogens with one attached hydrogen (secondary N) is 2. The molecule has 0 bridgehead atoms. The van der Waals surface area contributed by atoms with Crippen LogP contribution in [-0.2, 0) is 5.54 Å². The number of hydrogen-bond donors (Lipinski definition) is 3. The van der Waals surface area contributed by atoms with Gasteiger partial charge in [0.1, 0.15) is 0 Å². The Kier molecular flexibility index (Phi) is 6.99. The van der Waals surface area contributed by atoms with E-state index < -0.39 is 5.54 Å². The predicted octanol–water partition coefficient (Wildman–Crippen LogP) is 3.79. The molecule has 166 valence electrons. The first kappa shape index (κ1) is 23.9. The highest BCUT2D eigenvalue weighted by atomic mass is 19.1. The fraction of sp³-hybridized carbons (Fsp3) is 0.522. The van der Waals surface area contributed by atoms with Gasteiger partial charge in [0.05, 0.1) is 22.3 Å². The van der Waals surface area contributed by atoms with Gasteiger partial charge in [0.25, 0.3) is 0 Å². The van der Waals surface area contributed by atoms with Crippen LogP contribution in [-0.4, -0.2) is 29.7 Å². The van der Waals surface area contributed by atoms with Gasteiger partial charge < -0.3 is 20.2 Å². The Labute approximate surface area is 178 Å². The van der Waals surface area contributed by atoms with Gasteiger partial charge in [-0.2, -0.15) is 0 Å². The molecule has 4 N–H and O–H groups in total. The number of halogens is 1. The number of hydrazine groups is 1. The molecule has 1 aliphatic heterocycles. The molecular formula is C23H36FN5O. The first-order valence-electron chi connectivity index (χ1n) is 10.3. The lowest BCUT2D eigenvalue weighted by Crippen LogP contribution is -2.54. The van der Waals surface area contributed by atoms with Crippen molar-refractivity contribution < 1.29 is 4.39 Å². The number of nitrogens with zero attached hydrogens (tertiary/aromatic N) is 2. The van der Waals surface area contributed by atoms with Crippen molar-refractivity contribution in [3.63, 3.8) is 0 Å². The number of fused-ring (bicyclic) bond motifs is 1. The molecule has 0 saturated carbocycles. The molecule has 2 heterocycles. The molecule has 30 heavy (non-hydrogen) atoms. The number of nitrogens with two attached hydrogens (primary N) is 1. The van der Waals surface area contributed by atoms with Gasteiger partial charge in [0.2, 0.25) is 0 Å². The van der Waals surface area contributed by atoms with Crippen molar-refractivity contribution in [2.45, 2.75) is 66.1 Å². The van der Waals surface area contributed by atoms with Gasteiger partial charge in [0.15, 0.2) is 11.2 Å². The summed E-state index contributed by atoms with van der Waals surface area (Å²) in [6.07, 6.45) is 1.75. The maximum absolute atomic E-state index is 16.1. The number of aryl methyl sites for hydroxylation is 1. The molecule has 1 fully saturated rings. The van der Waals surface area contributed by atoms with Crippen LogP contribution in [0, 0.1) is 19.7 Å². The summed E-state index contributed by atoms with van der Waals surface area (Å²) in [7, 11) is 0. The second-order valence-electron chi connectivity index (χ2n) is 9.09. The lowest BCUT2D eigenvalue weighted by molar-refractivity contribution is 0.397. The van der Waals surface area contributed by atoms with Gasteiger partial charge in [-0.3, -0.25) is 10.6 Å². The standard InChI is InChI=1S/C21H32FN5O.C2H4/c1-11-8-27(21(5,6)7)19-15(20(11)28)17(25-23)14(4)18(16(19)22)26-9-12(2)24-13(3)10-26;1-2/h8,12-13,24-25H,9-10,23H2,1-7H3;1-2H2. The van der Waals surface area contributed by atoms with Gasteiger partial charge in [0, 0.05) is 48.0 Å². The number of benzene rings is 1. The summed E-state index contributed by atoms with van der Waals surface area (Å²) in [5, 5.41) is 3.79. The molecule has 0 radical (unpaired) electrons. The molecule has 3 rings (SSSR count). The Morgan fingerprint density at radius 1 is 1.20 bits per heavy atom. The van der Waals surface area contributed by atoms with Crippen molar-refractivity contribution in [3.05, 3.63) is 46.5 Å². The Morgan fingerprint density at radius 3 is 2.20 bits per heavy atom. The van der Waals surface area contributed by atoms with Gasteiger partial charge in [-0.25, -0.2) is 4.39 Å². The highest BCUT2D eigenvalue weighted by Gasteiger charge is 2.30. The van der Waals surface area contributed by atoms with Crippen molar-refractivity contribution in [2.75, 3.05) is 23.4 Å². The monoisotopic (exact) mass is 417 g/mol. The van der Waals surface area contributed by atoms with Crippen LogP contribution in [0.25, 0.3) is 10.9 Å². The average molecular weight is 418 g/mol. The third-order valence-electron chi connectivity index (χ3n) is 5.52. The molecule has 0 amide bonds. The maximum Gasteiger partial charge on any atom is 0.194 e. The second-order valence-corrected chi connectivity index (χ2v) is 9.09. The van der Waals surface area contributed by atoms with E-state index in [-0.39, 0.29) is 23.3 Å². The number of piperazine rings is 1. The number of anilines is 2. The molecule has 1 aromatic carbocycles. The quantitative estimate of drug-likeness (QED) is 0.394. The van der Waals surface area contributed by atoms with Crippen LogP contribution >= 0.6 is 0 Å². The maximum atomic E-state index is 16.1. The summed E-state index contributed by atoms with van der Waals surface area (Å²) in [6, 6.07) is 0.464. The van der Waals surface area contributed by atoms with Gasteiger partial charge in [-0.15, -0.1) is 13.2 Å². The molecule has 2 atom stereocenters. The molecule has 2 aromatic rings. The van der Waals surface area contributed by atoms with E-state index in [1.165, 1.54) is 0 Å². The summed E-state index contributed by atoms with van der Waals surface area (Å²) < 4.78 is 18.0. The molecule has 6 nitrogen and oxygen atoms in total. The third kappa shape index (κ3) is 4.09. The van der Waals surface area contributed by atoms with Gasteiger partial charge in [-0.05, 0) is 48.5 Å². The van der Waals surface area contributed by atoms with Crippen LogP contribution in [0.4, 0.5) is 15.8 Å². The number of hydrogen-bond acceptors (Lipinski definition) is 5. The summed E-state index contributed by atoms with van der Waals surface area (Å²) in [5.74, 6) is 5.49. The van der Waals surface area contributed by atoms with Crippen LogP contribution in [0.3, 0.4) is 0 Å². The van der Waals surface area contributed by atoms with E-state index in [0.717, 1.165) is 0 Å². The molecule has 0 aliphatic carbocycles. The summed E-state index contributed by atoms with van der Waals surface area (Å²) in [6.45, 7) is 21.1. The van der Waals surface area contributed by atoms with Crippen molar-refractivity contribution in [1.29, 1.82) is 0 Å². The van der Waals surface area contributed by atoms with E-state index in [9.17, 15) is 4.79 Å². The SMILES string of the molecule is C=C.Cc1c(N2CC(C)NC(C)C2)c(F)c2c(c1NN)c(=O)c(C)cn2C(C)(C)C. The summed E-state index contributed by atoms with van der Waals surface area (Å²) >= 11 is 0. The van der Waals surface area contributed by atoms with E-state index in [2.05, 4.69) is 42.6 Å². The van der Waals surface area contributed by atoms with Crippen molar-refractivity contribution >= 4 is 22.3 Å². The smallest absolute Gasteiger partial charge is 0.194 e. The topological polar surface area (TPSA) is 75.3 Å². The highest BCUT2D eigenvalue weighted by Crippen LogP contribution is 2.39. The Morgan fingerprint density at radius 2 is 1.73 bits per heavy atom. The summed E-state index contributed by atoms with van der Waals surface area (Å²) in [4.78, 5) is 15.0. The molecular weight excluding hydrogens is 381 g/mol. The Hall–Kier alpha value is -2.38. The zero-order valence-corrected chi connectivity index (χ0v) is 19.3. The molecule has 0 spiro atoms. The van der Waals surface area contributed by atoms with E-state index in [4.69, 9.17) is 5.84 Å². The van der Waals surface area contributed by atoms with E-state index >= 15 is 4.39 Å². The lowest BCUT2D eigenvalue weighted by atomic mass is 9.98. The summed E-state index contributed by atoms with van der Waals surface area (Å²) in [5.41, 5.74) is 4.64. The van der Waals surface area contributed by atoms with Gasteiger partial charge >= 0.3 is 0 Å². The van der Waals surface area contributed by atoms with Crippen LogP contribution in [0.5, 0.6) is 0 Å². The van der Waals surface area contributed by atoms with Gasteiger partial charge in [-0.1, -0.05) is 0 Å². The second kappa shape index (κ2) is 8.78. The Bertz CT molecular complexity index is 982. The van der Waals surface area contributed by atoms with Crippen LogP contribution in [0.2, 0.25) is 0 Å². The number of pyridine rings is 1. The molecule has 1 aromatic heterocycles. The number of aromatic nitrogens is 1. The number of rotatable bonds is 2. The normalized spacial score (nSPS) is 19.4. The fourth-order valence-corrected chi connectivity index (χ4v) is 4.37. The highest BCUT2D eigenvalue weighted by molar-refractivity contribution is 5.98. The predicted molar refractivity (Wildman–Crippen MR) is 126 cm³/mol. The van der Waals surface area contributed by atoms with Crippen molar-refractivity contribution in [1.82, 2.24) is 9.88 Å². The van der Waals surface area contributed by atoms with E-state index in [1.807, 2.05) is 32.3 Å². The fourth-order valence-electron chi connectivity index (χ4n) is 4.37. The molecule has 1 aliphatic rings.